The molecule has 2 aliphatic rings. The van der Waals surface area contributed by atoms with Crippen LogP contribution in [0, 0.1) is 5.41 Å². The Morgan fingerprint density at radius 1 is 1.32 bits per heavy atom. The maximum Gasteiger partial charge on any atom is 0.311 e. The second-order valence-corrected chi connectivity index (χ2v) is 7.20. The van der Waals surface area contributed by atoms with E-state index in [0.717, 1.165) is 36.9 Å². The number of piperidine rings is 1. The van der Waals surface area contributed by atoms with Crippen LogP contribution in [-0.2, 0) is 22.4 Å². The SMILES string of the molecule is COCC[C@@]1(C(=O)O)CCCN(C(=O)c2cnc3c(c2)CCCC3)C1. The number of ether oxygens (including phenoxy) is 1. The van der Waals surface area contributed by atoms with Crippen LogP contribution in [0.2, 0.25) is 0 Å². The molecule has 1 aliphatic heterocycles. The molecule has 0 radical (unpaired) electrons. The van der Waals surface area contributed by atoms with Gasteiger partial charge >= 0.3 is 5.97 Å². The highest BCUT2D eigenvalue weighted by atomic mass is 16.5. The molecule has 3 rings (SSSR count). The Bertz CT molecular complexity index is 661. The normalized spacial score (nSPS) is 23.2. The fourth-order valence-electron chi connectivity index (χ4n) is 3.98. The van der Waals surface area contributed by atoms with Crippen molar-refractivity contribution in [1.29, 1.82) is 0 Å². The minimum Gasteiger partial charge on any atom is -0.481 e. The number of aryl methyl sites for hydroxylation is 2. The highest BCUT2D eigenvalue weighted by Gasteiger charge is 2.43. The number of carbonyl (C=O) groups excluding carboxylic acids is 1. The standard InChI is InChI=1S/C19H26N2O4/c1-25-10-8-19(18(23)24)7-4-9-21(13-19)17(22)15-11-14-5-2-3-6-16(14)20-12-15/h11-12H,2-10,13H2,1H3,(H,23,24)/t19-/m0/s1. The average molecular weight is 346 g/mol. The summed E-state index contributed by atoms with van der Waals surface area (Å²) in [6.07, 6.45) is 7.58. The molecule has 136 valence electrons. The largest absolute Gasteiger partial charge is 0.481 e. The number of aliphatic carboxylic acids is 1. The lowest BCUT2D eigenvalue weighted by Gasteiger charge is -2.40. The minimum atomic E-state index is -0.911. The molecule has 1 saturated heterocycles. The van der Waals surface area contributed by atoms with Crippen molar-refractivity contribution >= 4 is 11.9 Å². The van der Waals surface area contributed by atoms with Crippen LogP contribution in [0.3, 0.4) is 0 Å². The lowest BCUT2D eigenvalue weighted by molar-refractivity contribution is -0.153. The number of pyridine rings is 1. The van der Waals surface area contributed by atoms with Crippen LogP contribution in [0.4, 0.5) is 0 Å². The fraction of sp³-hybridized carbons (Fsp3) is 0.632. The molecule has 2 heterocycles. The van der Waals surface area contributed by atoms with Crippen LogP contribution in [0.1, 0.15) is 53.7 Å². The van der Waals surface area contributed by atoms with Crippen molar-refractivity contribution in [3.63, 3.8) is 0 Å². The smallest absolute Gasteiger partial charge is 0.311 e. The molecular weight excluding hydrogens is 320 g/mol. The molecule has 0 bridgehead atoms. The Hall–Kier alpha value is -1.95. The van der Waals surface area contributed by atoms with E-state index in [1.165, 1.54) is 0 Å². The van der Waals surface area contributed by atoms with E-state index in [2.05, 4.69) is 4.98 Å². The van der Waals surface area contributed by atoms with Gasteiger partial charge in [-0.3, -0.25) is 14.6 Å². The molecule has 1 atom stereocenters. The quantitative estimate of drug-likeness (QED) is 0.885. The van der Waals surface area contributed by atoms with Crippen molar-refractivity contribution < 1.29 is 19.4 Å². The van der Waals surface area contributed by atoms with Crippen molar-refractivity contribution in [2.24, 2.45) is 5.41 Å². The van der Waals surface area contributed by atoms with E-state index in [-0.39, 0.29) is 12.5 Å². The summed E-state index contributed by atoms with van der Waals surface area (Å²) < 4.78 is 5.09. The number of rotatable bonds is 5. The summed E-state index contributed by atoms with van der Waals surface area (Å²) in [6, 6.07) is 1.95. The number of amides is 1. The van der Waals surface area contributed by atoms with Gasteiger partial charge in [0.05, 0.1) is 11.0 Å². The van der Waals surface area contributed by atoms with Crippen molar-refractivity contribution in [3.05, 3.63) is 29.1 Å². The number of carboxylic acid groups (broad SMARTS) is 1. The Labute approximate surface area is 148 Å². The molecule has 0 spiro atoms. The lowest BCUT2D eigenvalue weighted by atomic mass is 9.77. The number of methoxy groups -OCH3 is 1. The highest BCUT2D eigenvalue weighted by molar-refractivity contribution is 5.94. The zero-order valence-electron chi connectivity index (χ0n) is 14.8. The van der Waals surface area contributed by atoms with Crippen LogP contribution in [0.5, 0.6) is 0 Å². The van der Waals surface area contributed by atoms with Gasteiger partial charge in [-0.15, -0.1) is 0 Å². The molecule has 1 fully saturated rings. The average Bonchev–Trinajstić information content (AvgIpc) is 2.65. The number of carbonyl (C=O) groups is 2. The summed E-state index contributed by atoms with van der Waals surface area (Å²) in [5, 5.41) is 9.74. The Morgan fingerprint density at radius 3 is 2.88 bits per heavy atom. The first-order valence-electron chi connectivity index (χ1n) is 9.05. The second kappa shape index (κ2) is 7.52. The molecule has 25 heavy (non-hydrogen) atoms. The van der Waals surface area contributed by atoms with Gasteiger partial charge in [0.25, 0.3) is 5.91 Å². The van der Waals surface area contributed by atoms with Gasteiger partial charge in [-0.05, 0) is 56.6 Å². The zero-order valence-corrected chi connectivity index (χ0v) is 14.8. The summed E-state index contributed by atoms with van der Waals surface area (Å²) in [6.45, 7) is 1.22. The monoisotopic (exact) mass is 346 g/mol. The summed E-state index contributed by atoms with van der Waals surface area (Å²) in [5.74, 6) is -0.950. The van der Waals surface area contributed by atoms with Crippen molar-refractivity contribution in [1.82, 2.24) is 9.88 Å². The van der Waals surface area contributed by atoms with E-state index in [9.17, 15) is 14.7 Å². The third-order valence-corrected chi connectivity index (χ3v) is 5.52. The number of fused-ring (bicyclic) bond motifs is 1. The highest BCUT2D eigenvalue weighted by Crippen LogP contribution is 2.34. The molecule has 1 aromatic rings. The van der Waals surface area contributed by atoms with Crippen LogP contribution >= 0.6 is 0 Å². The van der Waals surface area contributed by atoms with Gasteiger partial charge in [-0.1, -0.05) is 0 Å². The van der Waals surface area contributed by atoms with E-state index in [0.29, 0.717) is 38.0 Å². The van der Waals surface area contributed by atoms with Gasteiger partial charge in [0.1, 0.15) is 0 Å². The van der Waals surface area contributed by atoms with Crippen LogP contribution in [0.25, 0.3) is 0 Å². The van der Waals surface area contributed by atoms with Crippen LogP contribution in [0.15, 0.2) is 12.3 Å². The van der Waals surface area contributed by atoms with Crippen molar-refractivity contribution in [3.8, 4) is 0 Å². The minimum absolute atomic E-state index is 0.108. The predicted octanol–water partition coefficient (Wildman–Crippen LogP) is 2.30. The molecule has 1 aromatic heterocycles. The molecule has 1 N–H and O–H groups in total. The molecule has 0 aromatic carbocycles. The Morgan fingerprint density at radius 2 is 2.12 bits per heavy atom. The molecular formula is C19H26N2O4. The number of likely N-dealkylation sites (tertiary alicyclic amines) is 1. The van der Waals surface area contributed by atoms with Gasteiger partial charge < -0.3 is 14.7 Å². The number of hydrogen-bond donors (Lipinski definition) is 1. The van der Waals surface area contributed by atoms with Crippen molar-refractivity contribution in [2.45, 2.75) is 44.9 Å². The van der Waals surface area contributed by atoms with E-state index in [4.69, 9.17) is 4.74 Å². The van der Waals surface area contributed by atoms with Gasteiger partial charge in [0.15, 0.2) is 0 Å². The van der Waals surface area contributed by atoms with E-state index in [1.54, 1.807) is 18.2 Å². The Balaban J connectivity index is 1.78. The second-order valence-electron chi connectivity index (χ2n) is 7.20. The van der Waals surface area contributed by atoms with Gasteiger partial charge in [-0.2, -0.15) is 0 Å². The molecule has 1 amide bonds. The summed E-state index contributed by atoms with van der Waals surface area (Å²) in [5.41, 5.74) is 1.93. The molecule has 0 unspecified atom stereocenters. The number of aromatic nitrogens is 1. The zero-order chi connectivity index (χ0) is 17.9. The molecule has 0 saturated carbocycles. The van der Waals surface area contributed by atoms with Crippen molar-refractivity contribution in [2.75, 3.05) is 26.8 Å². The third kappa shape index (κ3) is 3.68. The van der Waals surface area contributed by atoms with Gasteiger partial charge in [0, 0.05) is 38.7 Å². The summed E-state index contributed by atoms with van der Waals surface area (Å²) in [7, 11) is 1.57. The topological polar surface area (TPSA) is 79.7 Å². The summed E-state index contributed by atoms with van der Waals surface area (Å²) >= 11 is 0. The van der Waals surface area contributed by atoms with Gasteiger partial charge in [-0.25, -0.2) is 0 Å². The van der Waals surface area contributed by atoms with E-state index < -0.39 is 11.4 Å². The first kappa shape index (κ1) is 17.9. The van der Waals surface area contributed by atoms with Crippen LogP contribution < -0.4 is 0 Å². The summed E-state index contributed by atoms with van der Waals surface area (Å²) in [4.78, 5) is 31.0. The van der Waals surface area contributed by atoms with E-state index >= 15 is 0 Å². The number of hydrogen-bond acceptors (Lipinski definition) is 4. The fourth-order valence-corrected chi connectivity index (χ4v) is 3.98. The first-order valence-corrected chi connectivity index (χ1v) is 9.05. The predicted molar refractivity (Wildman–Crippen MR) is 92.6 cm³/mol. The molecule has 1 aliphatic carbocycles. The Kier molecular flexibility index (Phi) is 5.37. The molecule has 6 nitrogen and oxygen atoms in total. The first-order chi connectivity index (χ1) is 12.1. The maximum absolute atomic E-state index is 12.9. The molecule has 6 heteroatoms. The lowest BCUT2D eigenvalue weighted by Crippen LogP contribution is -2.50. The maximum atomic E-state index is 12.9. The number of carboxylic acids is 1. The number of nitrogens with zero attached hydrogens (tertiary/aromatic N) is 2. The van der Waals surface area contributed by atoms with Gasteiger partial charge in [0.2, 0.25) is 0 Å². The van der Waals surface area contributed by atoms with Crippen LogP contribution in [-0.4, -0.2) is 53.7 Å². The third-order valence-electron chi connectivity index (χ3n) is 5.52. The van der Waals surface area contributed by atoms with E-state index in [1.807, 2.05) is 6.07 Å².